The molecular formula is C26H22F6N2. The van der Waals surface area contributed by atoms with Crippen molar-refractivity contribution in [3.8, 4) is 0 Å². The molecule has 2 atom stereocenters. The topological polar surface area (TPSA) is 24.4 Å². The van der Waals surface area contributed by atoms with Crippen LogP contribution in [0.25, 0.3) is 0 Å². The summed E-state index contributed by atoms with van der Waals surface area (Å²) >= 11 is 0. The maximum Gasteiger partial charge on any atom is 0.416 e. The fraction of sp³-hybridized carbons (Fsp3) is 0.192. The second-order valence-corrected chi connectivity index (χ2v) is 7.77. The van der Waals surface area contributed by atoms with Gasteiger partial charge in [-0.15, -0.1) is 0 Å². The number of nitrogens with one attached hydrogen (secondary N) is 1. The molecule has 0 saturated heterocycles. The Labute approximate surface area is 193 Å². The van der Waals surface area contributed by atoms with E-state index >= 15 is 0 Å². The highest BCUT2D eigenvalue weighted by molar-refractivity contribution is 5.37. The lowest BCUT2D eigenvalue weighted by Gasteiger charge is -2.28. The van der Waals surface area contributed by atoms with Crippen molar-refractivity contribution in [2.24, 2.45) is 4.99 Å². The minimum Gasteiger partial charge on any atom is -0.379 e. The first-order chi connectivity index (χ1) is 16.0. The van der Waals surface area contributed by atoms with Gasteiger partial charge in [0.05, 0.1) is 23.2 Å². The zero-order chi connectivity index (χ0) is 24.9. The van der Waals surface area contributed by atoms with Crippen molar-refractivity contribution in [2.75, 3.05) is 0 Å². The summed E-state index contributed by atoms with van der Waals surface area (Å²) < 4.78 is 79.3. The van der Waals surface area contributed by atoms with Gasteiger partial charge in [0, 0.05) is 12.1 Å². The molecule has 2 nitrogen and oxygen atoms in total. The molecule has 0 saturated carbocycles. The number of allylic oxidation sites excluding steroid dienone is 1. The monoisotopic (exact) mass is 476 g/mol. The molecule has 0 amide bonds. The molecule has 0 aliphatic heterocycles. The molecule has 0 aliphatic rings. The van der Waals surface area contributed by atoms with Gasteiger partial charge in [0.15, 0.2) is 0 Å². The van der Waals surface area contributed by atoms with E-state index in [0.717, 1.165) is 11.1 Å². The number of hydrogen-bond donors (Lipinski definition) is 1. The number of benzene rings is 3. The normalized spacial score (nSPS) is 13.7. The summed E-state index contributed by atoms with van der Waals surface area (Å²) in [5, 5.41) is 3.16. The fourth-order valence-electron chi connectivity index (χ4n) is 3.70. The Bertz CT molecular complexity index is 1090. The minimum absolute atomic E-state index is 0.111. The number of aliphatic imine (C=N–C) groups is 1. The predicted octanol–water partition coefficient (Wildman–Crippen LogP) is 7.55. The first-order valence-electron chi connectivity index (χ1n) is 10.3. The molecule has 3 aromatic rings. The summed E-state index contributed by atoms with van der Waals surface area (Å²) in [6.45, 7) is 7.56. The largest absolute Gasteiger partial charge is 0.416 e. The van der Waals surface area contributed by atoms with Crippen molar-refractivity contribution in [2.45, 2.75) is 30.9 Å². The first kappa shape index (κ1) is 25.1. The van der Waals surface area contributed by atoms with Crippen LogP contribution in [0.1, 0.15) is 39.9 Å². The average Bonchev–Trinajstić information content (AvgIpc) is 2.79. The summed E-state index contributed by atoms with van der Waals surface area (Å²) in [6, 6.07) is 19.0. The van der Waals surface area contributed by atoms with Crippen LogP contribution in [0.4, 0.5) is 26.3 Å². The second-order valence-electron chi connectivity index (χ2n) is 7.77. The van der Waals surface area contributed by atoms with E-state index in [1.54, 1.807) is 0 Å². The second kappa shape index (κ2) is 10.2. The van der Waals surface area contributed by atoms with Gasteiger partial charge in [-0.1, -0.05) is 67.2 Å². The Balaban J connectivity index is 1.93. The molecule has 0 fully saturated rings. The fourth-order valence-corrected chi connectivity index (χ4v) is 3.70. The summed E-state index contributed by atoms with van der Waals surface area (Å²) in [5.74, 6) is 0. The van der Waals surface area contributed by atoms with Gasteiger partial charge in [-0.3, -0.25) is 4.99 Å². The van der Waals surface area contributed by atoms with E-state index in [4.69, 9.17) is 0 Å². The molecule has 0 unspecified atom stereocenters. The lowest BCUT2D eigenvalue weighted by Crippen LogP contribution is -2.26. The summed E-state index contributed by atoms with van der Waals surface area (Å²) in [5.41, 5.74) is -0.991. The van der Waals surface area contributed by atoms with Crippen LogP contribution in [0.15, 0.2) is 96.1 Å². The molecule has 0 bridgehead atoms. The van der Waals surface area contributed by atoms with Crippen molar-refractivity contribution in [3.63, 3.8) is 0 Å². The van der Waals surface area contributed by atoms with E-state index < -0.39 is 35.6 Å². The van der Waals surface area contributed by atoms with Gasteiger partial charge in [-0.2, -0.15) is 26.3 Å². The third-order valence-corrected chi connectivity index (χ3v) is 5.24. The van der Waals surface area contributed by atoms with E-state index in [1.807, 2.05) is 60.7 Å². The van der Waals surface area contributed by atoms with Gasteiger partial charge in [-0.25, -0.2) is 0 Å². The van der Waals surface area contributed by atoms with Gasteiger partial charge in [0.1, 0.15) is 0 Å². The SMILES string of the molecule is C=N[C@@H](c1ccccc1)[C@@H](NC(=C)Cc1cc(C(F)(F)F)cc(C(F)(F)F)c1)c1ccccc1. The van der Waals surface area contributed by atoms with E-state index in [1.165, 1.54) is 0 Å². The standard InChI is InChI=1S/C26H22F6N2/c1-17(13-18-14-21(25(27,28)29)16-22(15-18)26(30,31)32)34-24(20-11-7-4-8-12-20)23(33-2)19-9-5-3-6-10-19/h3-12,14-16,23-24,34H,1-2,13H2/t23-,24-/m0/s1. The lowest BCUT2D eigenvalue weighted by molar-refractivity contribution is -0.143. The third kappa shape index (κ3) is 6.27. The summed E-state index contributed by atoms with van der Waals surface area (Å²) in [7, 11) is 0. The molecule has 178 valence electrons. The van der Waals surface area contributed by atoms with Crippen LogP contribution in [0.2, 0.25) is 0 Å². The Morgan fingerprint density at radius 2 is 1.24 bits per heavy atom. The maximum atomic E-state index is 13.2. The van der Waals surface area contributed by atoms with E-state index in [2.05, 4.69) is 23.6 Å². The average molecular weight is 476 g/mol. The van der Waals surface area contributed by atoms with Crippen molar-refractivity contribution in [1.82, 2.24) is 5.32 Å². The Morgan fingerprint density at radius 1 is 0.765 bits per heavy atom. The van der Waals surface area contributed by atoms with Gasteiger partial charge in [0.25, 0.3) is 0 Å². The summed E-state index contributed by atoms with van der Waals surface area (Å²) in [6.07, 6.45) is -10.1. The zero-order valence-corrected chi connectivity index (χ0v) is 18.0. The predicted molar refractivity (Wildman–Crippen MR) is 120 cm³/mol. The molecule has 1 N–H and O–H groups in total. The van der Waals surface area contributed by atoms with E-state index in [9.17, 15) is 26.3 Å². The first-order valence-corrected chi connectivity index (χ1v) is 10.3. The smallest absolute Gasteiger partial charge is 0.379 e. The van der Waals surface area contributed by atoms with Gasteiger partial charge < -0.3 is 5.32 Å². The quantitative estimate of drug-likeness (QED) is 0.263. The molecule has 0 heterocycles. The highest BCUT2D eigenvalue weighted by Gasteiger charge is 2.37. The molecule has 3 aromatic carbocycles. The van der Waals surface area contributed by atoms with Crippen LogP contribution < -0.4 is 5.32 Å². The highest BCUT2D eigenvalue weighted by atomic mass is 19.4. The van der Waals surface area contributed by atoms with Crippen LogP contribution >= 0.6 is 0 Å². The zero-order valence-electron chi connectivity index (χ0n) is 18.0. The van der Waals surface area contributed by atoms with Crippen LogP contribution in [-0.2, 0) is 18.8 Å². The Morgan fingerprint density at radius 3 is 1.68 bits per heavy atom. The number of alkyl halides is 6. The molecule has 3 rings (SSSR count). The highest BCUT2D eigenvalue weighted by Crippen LogP contribution is 2.37. The Hall–Kier alpha value is -3.55. The number of nitrogens with zero attached hydrogens (tertiary/aromatic N) is 1. The van der Waals surface area contributed by atoms with Crippen LogP contribution in [0.5, 0.6) is 0 Å². The number of hydrogen-bond acceptors (Lipinski definition) is 2. The van der Waals surface area contributed by atoms with Gasteiger partial charge in [0.2, 0.25) is 0 Å². The Kier molecular flexibility index (Phi) is 7.49. The molecule has 0 aliphatic carbocycles. The van der Waals surface area contributed by atoms with Gasteiger partial charge in [-0.05, 0) is 41.6 Å². The number of halogens is 6. The number of rotatable bonds is 8. The molecule has 0 aromatic heterocycles. The third-order valence-electron chi connectivity index (χ3n) is 5.24. The minimum atomic E-state index is -4.91. The molecular weight excluding hydrogens is 454 g/mol. The van der Waals surface area contributed by atoms with E-state index in [-0.39, 0.29) is 23.7 Å². The van der Waals surface area contributed by atoms with Gasteiger partial charge >= 0.3 is 12.4 Å². The van der Waals surface area contributed by atoms with Crippen molar-refractivity contribution < 1.29 is 26.3 Å². The van der Waals surface area contributed by atoms with Crippen LogP contribution in [0.3, 0.4) is 0 Å². The lowest BCUT2D eigenvalue weighted by atomic mass is 9.93. The molecule has 0 spiro atoms. The molecule has 34 heavy (non-hydrogen) atoms. The van der Waals surface area contributed by atoms with E-state index in [0.29, 0.717) is 12.1 Å². The maximum absolute atomic E-state index is 13.2. The van der Waals surface area contributed by atoms with Crippen LogP contribution in [-0.4, -0.2) is 6.72 Å². The summed E-state index contributed by atoms with van der Waals surface area (Å²) in [4.78, 5) is 4.24. The molecule has 0 radical (unpaired) electrons. The van der Waals surface area contributed by atoms with Crippen molar-refractivity contribution >= 4 is 6.72 Å². The van der Waals surface area contributed by atoms with Crippen molar-refractivity contribution in [1.29, 1.82) is 0 Å². The van der Waals surface area contributed by atoms with Crippen LogP contribution in [0, 0.1) is 0 Å². The van der Waals surface area contributed by atoms with Crippen molar-refractivity contribution in [3.05, 3.63) is 119 Å². The molecule has 8 heteroatoms.